The Bertz CT molecular complexity index is 891. The minimum Gasteiger partial charge on any atom is -0.468 e. The highest BCUT2D eigenvalue weighted by Gasteiger charge is 2.40. The summed E-state index contributed by atoms with van der Waals surface area (Å²) >= 11 is 3.06. The van der Waals surface area contributed by atoms with E-state index in [2.05, 4.69) is 4.74 Å². The van der Waals surface area contributed by atoms with Crippen LogP contribution in [0.4, 0.5) is 0 Å². The Hall–Kier alpha value is -1.74. The summed E-state index contributed by atoms with van der Waals surface area (Å²) in [5.41, 5.74) is 0.837. The summed E-state index contributed by atoms with van der Waals surface area (Å²) in [6, 6.07) is 9.79. The van der Waals surface area contributed by atoms with Gasteiger partial charge in [-0.05, 0) is 36.5 Å². The molecule has 6 nitrogen and oxygen atoms in total. The highest BCUT2D eigenvalue weighted by atomic mass is 32.2. The number of carbonyl (C=O) groups excluding carboxylic acids is 2. The molecular weight excluding hydrogens is 448 g/mol. The average Bonchev–Trinajstić information content (AvgIpc) is 3.32. The number of Topliss-reactive ketones (excluding diaryl/α,β-unsaturated/α-hetero) is 1. The zero-order valence-electron chi connectivity index (χ0n) is 18.1. The normalized spacial score (nSPS) is 22.1. The first-order chi connectivity index (χ1) is 15.5. The number of para-hydroxylation sites is 1. The molecule has 0 spiro atoms. The van der Waals surface area contributed by atoms with Crippen molar-refractivity contribution in [3.8, 4) is 0 Å². The van der Waals surface area contributed by atoms with Crippen molar-refractivity contribution in [3.05, 3.63) is 48.2 Å². The Kier molecular flexibility index (Phi) is 9.71. The molecule has 1 saturated carbocycles. The molecule has 174 valence electrons. The van der Waals surface area contributed by atoms with Gasteiger partial charge in [0, 0.05) is 24.1 Å². The first-order valence-corrected chi connectivity index (χ1v) is 13.0. The summed E-state index contributed by atoms with van der Waals surface area (Å²) < 4.78 is 10.4. The maximum absolute atomic E-state index is 12.3. The first kappa shape index (κ1) is 24.9. The van der Waals surface area contributed by atoms with Crippen LogP contribution in [0.5, 0.6) is 0 Å². The van der Waals surface area contributed by atoms with Crippen LogP contribution in [0, 0.1) is 5.92 Å². The van der Waals surface area contributed by atoms with Crippen molar-refractivity contribution in [1.29, 1.82) is 0 Å². The van der Waals surface area contributed by atoms with E-state index in [1.165, 1.54) is 18.9 Å². The van der Waals surface area contributed by atoms with Gasteiger partial charge in [-0.3, -0.25) is 9.59 Å². The number of benzene rings is 1. The van der Waals surface area contributed by atoms with E-state index in [-0.39, 0.29) is 29.3 Å². The third-order valence-electron chi connectivity index (χ3n) is 5.42. The van der Waals surface area contributed by atoms with Gasteiger partial charge in [-0.2, -0.15) is 11.8 Å². The third-order valence-corrected chi connectivity index (χ3v) is 7.90. The summed E-state index contributed by atoms with van der Waals surface area (Å²) in [4.78, 5) is 23.4. The number of hydrogen-bond acceptors (Lipinski definition) is 8. The quantitative estimate of drug-likeness (QED) is 0.271. The Morgan fingerprint density at radius 1 is 1.34 bits per heavy atom. The average molecular weight is 479 g/mol. The molecule has 1 heterocycles. The second kappa shape index (κ2) is 12.5. The largest absolute Gasteiger partial charge is 0.468 e. The van der Waals surface area contributed by atoms with Crippen LogP contribution in [0.1, 0.15) is 25.0 Å². The predicted octanol–water partition coefficient (Wildman–Crippen LogP) is 3.63. The van der Waals surface area contributed by atoms with Crippen molar-refractivity contribution in [1.82, 2.24) is 0 Å². The molecule has 0 radical (unpaired) electrons. The molecule has 2 N–H and O–H groups in total. The molecule has 1 aliphatic rings. The van der Waals surface area contributed by atoms with Crippen LogP contribution in [-0.4, -0.2) is 63.8 Å². The molecule has 1 aromatic heterocycles. The predicted molar refractivity (Wildman–Crippen MR) is 129 cm³/mol. The molecule has 3 rings (SSSR count). The maximum atomic E-state index is 12.3. The second-order valence-electron chi connectivity index (χ2n) is 7.83. The minimum absolute atomic E-state index is 0.0520. The third kappa shape index (κ3) is 7.13. The molecule has 1 aliphatic carbocycles. The van der Waals surface area contributed by atoms with Crippen LogP contribution >= 0.6 is 23.5 Å². The van der Waals surface area contributed by atoms with Gasteiger partial charge in [-0.25, -0.2) is 0 Å². The lowest BCUT2D eigenvalue weighted by atomic mass is 10.0. The number of rotatable bonds is 12. The van der Waals surface area contributed by atoms with Gasteiger partial charge in [0.2, 0.25) is 0 Å². The van der Waals surface area contributed by atoms with Crippen molar-refractivity contribution in [2.75, 3.05) is 24.4 Å². The lowest BCUT2D eigenvalue weighted by molar-refractivity contribution is -0.137. The second-order valence-corrected chi connectivity index (χ2v) is 10.2. The highest BCUT2D eigenvalue weighted by molar-refractivity contribution is 8.01. The lowest BCUT2D eigenvalue weighted by Gasteiger charge is -2.17. The van der Waals surface area contributed by atoms with Crippen LogP contribution in [-0.2, 0) is 20.7 Å². The van der Waals surface area contributed by atoms with E-state index < -0.39 is 12.2 Å². The fraction of sp³-hybridized carbons (Fsp3) is 0.500. The van der Waals surface area contributed by atoms with Crippen molar-refractivity contribution < 1.29 is 29.0 Å². The number of aliphatic hydroxyl groups excluding tert-OH is 2. The number of methoxy groups -OCH3 is 1. The number of carbonyl (C=O) groups is 2. The van der Waals surface area contributed by atoms with E-state index in [1.54, 1.807) is 23.9 Å². The molecule has 4 atom stereocenters. The highest BCUT2D eigenvalue weighted by Crippen LogP contribution is 2.34. The topological polar surface area (TPSA) is 97.0 Å². The Labute approximate surface area is 196 Å². The summed E-state index contributed by atoms with van der Waals surface area (Å²) in [6.45, 7) is 0. The number of ketones is 1. The van der Waals surface area contributed by atoms with Gasteiger partial charge in [0.1, 0.15) is 17.1 Å². The number of aliphatic hydroxyl groups is 2. The molecule has 2 aromatic rings. The fourth-order valence-corrected chi connectivity index (χ4v) is 6.00. The van der Waals surface area contributed by atoms with Crippen molar-refractivity contribution in [2.24, 2.45) is 5.92 Å². The maximum Gasteiger partial charge on any atom is 0.315 e. The fourth-order valence-electron chi connectivity index (χ4n) is 3.70. The Balaban J connectivity index is 1.44. The summed E-state index contributed by atoms with van der Waals surface area (Å²) in [5, 5.41) is 21.5. The van der Waals surface area contributed by atoms with Gasteiger partial charge in [0.25, 0.3) is 0 Å². The number of ether oxygens (including phenoxy) is 1. The lowest BCUT2D eigenvalue weighted by Crippen LogP contribution is -2.22. The molecule has 32 heavy (non-hydrogen) atoms. The zero-order chi connectivity index (χ0) is 22.9. The van der Waals surface area contributed by atoms with Gasteiger partial charge in [0.15, 0.2) is 0 Å². The number of aryl methyl sites for hydroxylation is 1. The van der Waals surface area contributed by atoms with Crippen molar-refractivity contribution in [2.45, 2.75) is 43.1 Å². The van der Waals surface area contributed by atoms with E-state index in [0.29, 0.717) is 18.6 Å². The van der Waals surface area contributed by atoms with Crippen LogP contribution < -0.4 is 0 Å². The summed E-state index contributed by atoms with van der Waals surface area (Å²) in [5.74, 6) is 2.27. The van der Waals surface area contributed by atoms with Gasteiger partial charge in [0.05, 0.1) is 30.3 Å². The van der Waals surface area contributed by atoms with E-state index in [1.807, 2.05) is 30.3 Å². The summed E-state index contributed by atoms with van der Waals surface area (Å²) in [6.07, 6.45) is 4.22. The smallest absolute Gasteiger partial charge is 0.315 e. The van der Waals surface area contributed by atoms with Crippen molar-refractivity contribution in [3.63, 3.8) is 0 Å². The van der Waals surface area contributed by atoms with Gasteiger partial charge < -0.3 is 19.4 Å². The van der Waals surface area contributed by atoms with Crippen LogP contribution in [0.2, 0.25) is 0 Å². The number of thioether (sulfide) groups is 2. The van der Waals surface area contributed by atoms with Gasteiger partial charge in [-0.15, -0.1) is 11.8 Å². The number of fused-ring (bicyclic) bond motifs is 1. The first-order valence-electron chi connectivity index (χ1n) is 10.8. The van der Waals surface area contributed by atoms with Crippen LogP contribution in [0.3, 0.4) is 0 Å². The Morgan fingerprint density at radius 3 is 2.94 bits per heavy atom. The molecule has 1 unspecified atom stereocenters. The number of esters is 1. The molecular formula is C24H30O6S2. The SMILES string of the molecule is COC(=O)CSCCCS[C@H]1C(=O)C[C@@H](O)[C@@H]1/C=C/C(O)CCc1cc2ccccc2o1. The molecule has 0 bridgehead atoms. The van der Waals surface area contributed by atoms with E-state index in [4.69, 9.17) is 4.42 Å². The van der Waals surface area contributed by atoms with E-state index >= 15 is 0 Å². The number of hydrogen-bond donors (Lipinski definition) is 2. The van der Waals surface area contributed by atoms with Crippen molar-refractivity contribution >= 4 is 46.2 Å². The molecule has 0 aliphatic heterocycles. The molecule has 8 heteroatoms. The Morgan fingerprint density at radius 2 is 2.16 bits per heavy atom. The molecule has 1 fully saturated rings. The minimum atomic E-state index is -0.715. The number of furan rings is 1. The zero-order valence-corrected chi connectivity index (χ0v) is 19.8. The van der Waals surface area contributed by atoms with Gasteiger partial charge in [-0.1, -0.05) is 30.4 Å². The standard InChI is InChI=1S/C24H30O6S2/c1-29-23(28)15-31-11-4-12-32-24-19(20(26)14-21(24)27)10-8-17(25)7-9-18-13-16-5-2-3-6-22(16)30-18/h2-3,5-6,8,10,13,17,19-20,24-26H,4,7,9,11-12,14-15H2,1H3/b10-8+/t17?,19-,20+,24+/m0/s1. The van der Waals surface area contributed by atoms with Crippen LogP contribution in [0.25, 0.3) is 11.0 Å². The molecule has 1 aromatic carbocycles. The van der Waals surface area contributed by atoms with Crippen LogP contribution in [0.15, 0.2) is 46.9 Å². The summed E-state index contributed by atoms with van der Waals surface area (Å²) in [7, 11) is 1.37. The van der Waals surface area contributed by atoms with Gasteiger partial charge >= 0.3 is 5.97 Å². The monoisotopic (exact) mass is 478 g/mol. The van der Waals surface area contributed by atoms with E-state index in [0.717, 1.165) is 34.7 Å². The van der Waals surface area contributed by atoms with E-state index in [9.17, 15) is 19.8 Å². The molecule has 0 saturated heterocycles. The molecule has 0 amide bonds.